The molecule has 27 heavy (non-hydrogen) atoms. The number of benzene rings is 1. The van der Waals surface area contributed by atoms with E-state index >= 15 is 0 Å². The highest BCUT2D eigenvalue weighted by molar-refractivity contribution is 5.87. The largest absolute Gasteiger partial charge is 0.416 e. The molecule has 0 aliphatic heterocycles. The van der Waals surface area contributed by atoms with Crippen molar-refractivity contribution in [2.75, 3.05) is 7.11 Å². The minimum Gasteiger partial charge on any atom is -0.399 e. The summed E-state index contributed by atoms with van der Waals surface area (Å²) < 4.78 is 40.7. The Kier molecular flexibility index (Phi) is 5.16. The van der Waals surface area contributed by atoms with Gasteiger partial charge in [-0.05, 0) is 29.7 Å². The number of hydrogen-bond acceptors (Lipinski definition) is 4. The Morgan fingerprint density at radius 3 is 2.63 bits per heavy atom. The zero-order chi connectivity index (χ0) is 19.6. The van der Waals surface area contributed by atoms with Crippen LogP contribution in [0.15, 0.2) is 47.9 Å². The molecule has 5 nitrogen and oxygen atoms in total. The van der Waals surface area contributed by atoms with Gasteiger partial charge in [0.05, 0.1) is 29.5 Å². The molecule has 0 saturated heterocycles. The summed E-state index contributed by atoms with van der Waals surface area (Å²) in [5.41, 5.74) is 2.52. The van der Waals surface area contributed by atoms with E-state index in [0.29, 0.717) is 23.2 Å². The van der Waals surface area contributed by atoms with Crippen molar-refractivity contribution in [3.8, 4) is 11.1 Å². The number of aromatic nitrogens is 3. The maximum absolute atomic E-state index is 13.0. The summed E-state index contributed by atoms with van der Waals surface area (Å²) in [6.07, 6.45) is -1.22. The van der Waals surface area contributed by atoms with Gasteiger partial charge in [-0.3, -0.25) is 9.67 Å². The van der Waals surface area contributed by atoms with E-state index in [4.69, 9.17) is 4.84 Å². The lowest BCUT2D eigenvalue weighted by Gasteiger charge is -2.11. The predicted molar refractivity (Wildman–Crippen MR) is 97.2 cm³/mol. The van der Waals surface area contributed by atoms with E-state index in [-0.39, 0.29) is 5.92 Å². The summed E-state index contributed by atoms with van der Waals surface area (Å²) >= 11 is 0. The lowest BCUT2D eigenvalue weighted by molar-refractivity contribution is -0.137. The Morgan fingerprint density at radius 1 is 1.19 bits per heavy atom. The summed E-state index contributed by atoms with van der Waals surface area (Å²) in [6.45, 7) is 4.40. The highest BCUT2D eigenvalue weighted by Gasteiger charge is 2.30. The third kappa shape index (κ3) is 4.10. The minimum absolute atomic E-state index is 0.156. The highest BCUT2D eigenvalue weighted by atomic mass is 19.4. The van der Waals surface area contributed by atoms with Gasteiger partial charge in [0.1, 0.15) is 12.6 Å². The van der Waals surface area contributed by atoms with Crippen molar-refractivity contribution in [3.05, 3.63) is 48.3 Å². The van der Waals surface area contributed by atoms with Crippen LogP contribution in [-0.4, -0.2) is 27.6 Å². The molecule has 0 aliphatic carbocycles. The number of alkyl halides is 3. The minimum atomic E-state index is -4.39. The maximum atomic E-state index is 13.0. The van der Waals surface area contributed by atoms with Crippen molar-refractivity contribution in [1.82, 2.24) is 14.8 Å². The first kappa shape index (κ1) is 18.9. The lowest BCUT2D eigenvalue weighted by atomic mass is 10.0. The second-order valence-electron chi connectivity index (χ2n) is 6.43. The molecule has 3 rings (SSSR count). The average Bonchev–Trinajstić information content (AvgIpc) is 3.03. The van der Waals surface area contributed by atoms with E-state index in [9.17, 15) is 13.2 Å². The van der Waals surface area contributed by atoms with E-state index in [1.807, 2.05) is 13.8 Å². The van der Waals surface area contributed by atoms with Gasteiger partial charge in [-0.2, -0.15) is 18.3 Å². The predicted octanol–water partition coefficient (Wildman–Crippen LogP) is 4.78. The number of hydrogen-bond donors (Lipinski definition) is 0. The van der Waals surface area contributed by atoms with Crippen LogP contribution in [0.2, 0.25) is 0 Å². The molecule has 8 heteroatoms. The number of rotatable bonds is 5. The molecule has 142 valence electrons. The second-order valence-corrected chi connectivity index (χ2v) is 6.43. The molecule has 0 N–H and O–H groups in total. The summed E-state index contributed by atoms with van der Waals surface area (Å²) in [5, 5.41) is 8.36. The first-order chi connectivity index (χ1) is 12.8. The molecule has 1 aromatic carbocycles. The van der Waals surface area contributed by atoms with E-state index in [0.717, 1.165) is 23.4 Å². The highest BCUT2D eigenvalue weighted by Crippen LogP contribution is 2.32. The van der Waals surface area contributed by atoms with Gasteiger partial charge in [0.15, 0.2) is 0 Å². The number of pyridine rings is 1. The number of fused-ring (bicyclic) bond motifs is 1. The van der Waals surface area contributed by atoms with Crippen molar-refractivity contribution in [1.29, 1.82) is 0 Å². The Balaban J connectivity index is 2.02. The van der Waals surface area contributed by atoms with Crippen LogP contribution in [0.25, 0.3) is 22.2 Å². The van der Waals surface area contributed by atoms with Gasteiger partial charge >= 0.3 is 6.18 Å². The Bertz CT molecular complexity index is 976. The van der Waals surface area contributed by atoms with E-state index < -0.39 is 11.7 Å². The van der Waals surface area contributed by atoms with Crippen LogP contribution in [0.1, 0.15) is 19.4 Å². The van der Waals surface area contributed by atoms with Crippen LogP contribution in [0.4, 0.5) is 13.2 Å². The van der Waals surface area contributed by atoms with Crippen molar-refractivity contribution in [3.63, 3.8) is 0 Å². The van der Waals surface area contributed by atoms with Crippen LogP contribution < -0.4 is 0 Å². The van der Waals surface area contributed by atoms with Gasteiger partial charge in [0, 0.05) is 11.8 Å². The fraction of sp³-hybridized carbons (Fsp3) is 0.316. The van der Waals surface area contributed by atoms with Gasteiger partial charge in [0.25, 0.3) is 0 Å². The Hall–Kier alpha value is -2.90. The van der Waals surface area contributed by atoms with Gasteiger partial charge in [-0.25, -0.2) is 0 Å². The number of nitrogens with zero attached hydrogens (tertiary/aromatic N) is 4. The molecule has 0 unspecified atom stereocenters. The van der Waals surface area contributed by atoms with Crippen molar-refractivity contribution < 1.29 is 18.0 Å². The van der Waals surface area contributed by atoms with Crippen molar-refractivity contribution in [2.45, 2.75) is 26.6 Å². The zero-order valence-electron chi connectivity index (χ0n) is 15.2. The monoisotopic (exact) mass is 376 g/mol. The van der Waals surface area contributed by atoms with E-state index in [1.165, 1.54) is 13.2 Å². The fourth-order valence-electron chi connectivity index (χ4n) is 2.70. The normalized spacial score (nSPS) is 12.8. The second kappa shape index (κ2) is 7.38. The van der Waals surface area contributed by atoms with E-state index in [1.54, 1.807) is 29.2 Å². The first-order valence-electron chi connectivity index (χ1n) is 8.38. The van der Waals surface area contributed by atoms with Crippen LogP contribution in [0, 0.1) is 5.92 Å². The molecule has 2 heterocycles. The molecular weight excluding hydrogens is 357 g/mol. The van der Waals surface area contributed by atoms with Crippen LogP contribution in [-0.2, 0) is 17.6 Å². The van der Waals surface area contributed by atoms with Gasteiger partial charge in [-0.15, -0.1) is 0 Å². The van der Waals surface area contributed by atoms with E-state index in [2.05, 4.69) is 15.2 Å². The van der Waals surface area contributed by atoms with Crippen molar-refractivity contribution in [2.24, 2.45) is 11.1 Å². The SMILES string of the molecule is CO/N=C(/Cn1ncc2ncc(-c3cccc(C(F)(F)F)c3)cc21)C(C)C. The summed E-state index contributed by atoms with van der Waals surface area (Å²) in [5.74, 6) is 0.156. The van der Waals surface area contributed by atoms with Gasteiger partial charge in [-0.1, -0.05) is 31.1 Å². The molecule has 0 spiro atoms. The van der Waals surface area contributed by atoms with Crippen LogP contribution in [0.5, 0.6) is 0 Å². The average molecular weight is 376 g/mol. The third-order valence-corrected chi connectivity index (χ3v) is 4.20. The molecule has 2 aromatic heterocycles. The molecule has 0 bridgehead atoms. The molecule has 0 amide bonds. The summed E-state index contributed by atoms with van der Waals surface area (Å²) in [4.78, 5) is 9.22. The van der Waals surface area contributed by atoms with Gasteiger partial charge in [0.2, 0.25) is 0 Å². The topological polar surface area (TPSA) is 52.3 Å². The lowest BCUT2D eigenvalue weighted by Crippen LogP contribution is -2.17. The summed E-state index contributed by atoms with van der Waals surface area (Å²) in [7, 11) is 1.48. The molecule has 0 fully saturated rings. The standard InChI is InChI=1S/C19H19F3N4O/c1-12(2)17(25-27-3)11-26-18-8-14(9-23-16(18)10-24-26)13-5-4-6-15(7-13)19(20,21)22/h4-10,12H,11H2,1-3H3/b25-17-. The molecule has 0 radical (unpaired) electrons. The maximum Gasteiger partial charge on any atom is 0.416 e. The molecule has 0 atom stereocenters. The molecule has 0 aliphatic rings. The van der Waals surface area contributed by atoms with Crippen LogP contribution in [0.3, 0.4) is 0 Å². The molecule has 3 aromatic rings. The Morgan fingerprint density at radius 2 is 1.96 bits per heavy atom. The van der Waals surface area contributed by atoms with Crippen molar-refractivity contribution >= 4 is 16.7 Å². The summed E-state index contributed by atoms with van der Waals surface area (Å²) in [6, 6.07) is 6.98. The fourth-order valence-corrected chi connectivity index (χ4v) is 2.70. The van der Waals surface area contributed by atoms with Gasteiger partial charge < -0.3 is 4.84 Å². The molecule has 0 saturated carbocycles. The smallest absolute Gasteiger partial charge is 0.399 e. The first-order valence-corrected chi connectivity index (χ1v) is 8.38. The number of halogens is 3. The third-order valence-electron chi connectivity index (χ3n) is 4.20. The zero-order valence-corrected chi connectivity index (χ0v) is 15.2. The molecular formula is C19H19F3N4O. The quantitative estimate of drug-likeness (QED) is 0.476. The van der Waals surface area contributed by atoms with Crippen LogP contribution >= 0.6 is 0 Å². The Labute approximate surface area is 154 Å². The number of oxime groups is 1.